The summed E-state index contributed by atoms with van der Waals surface area (Å²) in [6.45, 7) is 5.80. The van der Waals surface area contributed by atoms with Crippen LogP contribution < -0.4 is 4.72 Å². The smallest absolute Gasteiger partial charge is 0.263 e. The Labute approximate surface area is 174 Å². The molecule has 0 bridgehead atoms. The van der Waals surface area contributed by atoms with Gasteiger partial charge in [0.1, 0.15) is 5.82 Å². The summed E-state index contributed by atoms with van der Waals surface area (Å²) in [5.41, 5.74) is 3.61. The third kappa shape index (κ3) is 3.71. The molecule has 4 rings (SSSR count). The summed E-state index contributed by atoms with van der Waals surface area (Å²) < 4.78 is 29.8. The molecule has 0 fully saturated rings. The normalized spacial score (nSPS) is 11.7. The fourth-order valence-electron chi connectivity index (χ4n) is 3.21. The topological polar surface area (TPSA) is 76.9 Å². The second-order valence-corrected chi connectivity index (χ2v) is 9.03. The minimum atomic E-state index is -3.81. The molecule has 0 aliphatic heterocycles. The summed E-state index contributed by atoms with van der Waals surface area (Å²) in [7, 11) is -3.81. The van der Waals surface area contributed by atoms with Crippen molar-refractivity contribution in [2.45, 2.75) is 25.7 Å². The average molecular weight is 427 g/mol. The summed E-state index contributed by atoms with van der Waals surface area (Å²) in [6.07, 6.45) is 0. The minimum absolute atomic E-state index is 0.116. The van der Waals surface area contributed by atoms with Gasteiger partial charge >= 0.3 is 0 Å². The highest BCUT2D eigenvalue weighted by Crippen LogP contribution is 2.26. The Morgan fingerprint density at radius 2 is 1.69 bits per heavy atom. The first kappa shape index (κ1) is 19.4. The minimum Gasteiger partial charge on any atom is -0.263 e. The molecule has 0 atom stereocenters. The van der Waals surface area contributed by atoms with Crippen molar-refractivity contribution < 1.29 is 8.42 Å². The molecule has 2 heterocycles. The van der Waals surface area contributed by atoms with Crippen LogP contribution in [0.25, 0.3) is 16.7 Å². The fraction of sp³-hybridized carbons (Fsp3) is 0.143. The fourth-order valence-corrected chi connectivity index (χ4v) is 4.37. The van der Waals surface area contributed by atoms with Crippen LogP contribution in [-0.4, -0.2) is 23.2 Å². The van der Waals surface area contributed by atoms with E-state index >= 15 is 0 Å². The molecule has 0 saturated heterocycles. The van der Waals surface area contributed by atoms with Crippen LogP contribution in [0.5, 0.6) is 0 Å². The first-order valence-corrected chi connectivity index (χ1v) is 10.8. The van der Waals surface area contributed by atoms with Gasteiger partial charge < -0.3 is 0 Å². The molecular formula is C21H19ClN4O2S. The standard InChI is InChI=1S/C21H19ClN4O2S/c1-13-5-4-6-18-14(2)11-19(23-21(13)18)26-20(12-15(3)24-26)25-29(27,28)17-9-7-16(22)8-10-17/h4-12,25H,1-3H3. The molecule has 8 heteroatoms. The van der Waals surface area contributed by atoms with Crippen LogP contribution in [0, 0.1) is 20.8 Å². The van der Waals surface area contributed by atoms with Crippen molar-refractivity contribution in [2.75, 3.05) is 4.72 Å². The molecule has 0 spiro atoms. The molecule has 0 saturated carbocycles. The van der Waals surface area contributed by atoms with Crippen molar-refractivity contribution in [2.24, 2.45) is 0 Å². The molecular weight excluding hydrogens is 408 g/mol. The van der Waals surface area contributed by atoms with Gasteiger partial charge in [-0.2, -0.15) is 9.78 Å². The Morgan fingerprint density at radius 3 is 2.41 bits per heavy atom. The third-order valence-corrected chi connectivity index (χ3v) is 6.27. The Balaban J connectivity index is 1.81. The number of hydrogen-bond donors (Lipinski definition) is 1. The summed E-state index contributed by atoms with van der Waals surface area (Å²) in [4.78, 5) is 4.86. The largest absolute Gasteiger partial charge is 0.263 e. The van der Waals surface area contributed by atoms with Crippen molar-refractivity contribution in [3.8, 4) is 5.82 Å². The van der Waals surface area contributed by atoms with Crippen LogP contribution >= 0.6 is 11.6 Å². The summed E-state index contributed by atoms with van der Waals surface area (Å²) in [5, 5.41) is 5.98. The average Bonchev–Trinajstić information content (AvgIpc) is 3.02. The number of aryl methyl sites for hydroxylation is 3. The van der Waals surface area contributed by atoms with E-state index in [1.165, 1.54) is 28.9 Å². The Bertz CT molecular complexity index is 1330. The Hall–Kier alpha value is -2.90. The van der Waals surface area contributed by atoms with Crippen LogP contribution in [0.15, 0.2) is 59.5 Å². The number of aromatic nitrogens is 3. The van der Waals surface area contributed by atoms with Crippen LogP contribution in [0.2, 0.25) is 5.02 Å². The molecule has 2 aromatic heterocycles. The van der Waals surface area contributed by atoms with E-state index in [-0.39, 0.29) is 4.90 Å². The van der Waals surface area contributed by atoms with E-state index in [1.807, 2.05) is 38.1 Å². The molecule has 0 unspecified atom stereocenters. The molecule has 2 aromatic carbocycles. The highest BCUT2D eigenvalue weighted by molar-refractivity contribution is 7.92. The third-order valence-electron chi connectivity index (χ3n) is 4.65. The van der Waals surface area contributed by atoms with Crippen LogP contribution in [0.3, 0.4) is 0 Å². The summed E-state index contributed by atoms with van der Waals surface area (Å²) >= 11 is 5.87. The molecule has 148 valence electrons. The Kier molecular flexibility index (Phi) is 4.80. The molecule has 0 radical (unpaired) electrons. The zero-order chi connectivity index (χ0) is 20.8. The molecule has 4 aromatic rings. The predicted molar refractivity (Wildman–Crippen MR) is 115 cm³/mol. The summed E-state index contributed by atoms with van der Waals surface area (Å²) in [5.74, 6) is 0.864. The van der Waals surface area contributed by atoms with Gasteiger partial charge in [0, 0.05) is 16.5 Å². The predicted octanol–water partition coefficient (Wildman–Crippen LogP) is 4.80. The number of nitrogens with one attached hydrogen (secondary N) is 1. The van der Waals surface area contributed by atoms with E-state index in [9.17, 15) is 8.42 Å². The number of halogens is 1. The second-order valence-electron chi connectivity index (χ2n) is 6.91. The van der Waals surface area contributed by atoms with Crippen molar-refractivity contribution in [1.82, 2.24) is 14.8 Å². The van der Waals surface area contributed by atoms with Crippen molar-refractivity contribution in [3.63, 3.8) is 0 Å². The van der Waals surface area contributed by atoms with Crippen molar-refractivity contribution >= 4 is 38.3 Å². The van der Waals surface area contributed by atoms with E-state index in [0.717, 1.165) is 22.0 Å². The highest BCUT2D eigenvalue weighted by Gasteiger charge is 2.19. The van der Waals surface area contributed by atoms with E-state index < -0.39 is 10.0 Å². The zero-order valence-corrected chi connectivity index (χ0v) is 17.7. The number of benzene rings is 2. The SMILES string of the molecule is Cc1cc(NS(=O)(=O)c2ccc(Cl)cc2)n(-c2cc(C)c3cccc(C)c3n2)n1. The van der Waals surface area contributed by atoms with E-state index in [0.29, 0.717) is 22.4 Å². The van der Waals surface area contributed by atoms with Gasteiger partial charge in [0.15, 0.2) is 5.82 Å². The van der Waals surface area contributed by atoms with Crippen LogP contribution in [-0.2, 0) is 10.0 Å². The lowest BCUT2D eigenvalue weighted by Gasteiger charge is -2.12. The quantitative estimate of drug-likeness (QED) is 0.508. The maximum atomic E-state index is 12.8. The Morgan fingerprint density at radius 1 is 0.966 bits per heavy atom. The maximum absolute atomic E-state index is 12.8. The monoisotopic (exact) mass is 426 g/mol. The zero-order valence-electron chi connectivity index (χ0n) is 16.1. The molecule has 0 aliphatic carbocycles. The van der Waals surface area contributed by atoms with Gasteiger partial charge in [-0.15, -0.1) is 0 Å². The summed E-state index contributed by atoms with van der Waals surface area (Å²) in [6, 6.07) is 15.6. The van der Waals surface area contributed by atoms with Gasteiger partial charge in [0.05, 0.1) is 16.1 Å². The molecule has 0 amide bonds. The van der Waals surface area contributed by atoms with Crippen LogP contribution in [0.1, 0.15) is 16.8 Å². The number of sulfonamides is 1. The number of hydrogen-bond acceptors (Lipinski definition) is 4. The van der Waals surface area contributed by atoms with Crippen LogP contribution in [0.4, 0.5) is 5.82 Å². The number of nitrogens with zero attached hydrogens (tertiary/aromatic N) is 3. The molecule has 29 heavy (non-hydrogen) atoms. The lowest BCUT2D eigenvalue weighted by Crippen LogP contribution is -2.16. The maximum Gasteiger partial charge on any atom is 0.263 e. The molecule has 6 nitrogen and oxygen atoms in total. The van der Waals surface area contributed by atoms with Gasteiger partial charge in [-0.25, -0.2) is 13.4 Å². The number of fused-ring (bicyclic) bond motifs is 1. The van der Waals surface area contributed by atoms with Crippen molar-refractivity contribution in [3.05, 3.63) is 76.4 Å². The first-order valence-electron chi connectivity index (χ1n) is 8.97. The van der Waals surface area contributed by atoms with E-state index in [4.69, 9.17) is 16.6 Å². The first-order chi connectivity index (χ1) is 13.7. The lowest BCUT2D eigenvalue weighted by atomic mass is 10.1. The van der Waals surface area contributed by atoms with Gasteiger partial charge in [0.25, 0.3) is 10.0 Å². The lowest BCUT2D eigenvalue weighted by molar-refractivity contribution is 0.600. The highest BCUT2D eigenvalue weighted by atomic mass is 35.5. The molecule has 0 aliphatic rings. The van der Waals surface area contributed by atoms with Gasteiger partial charge in [0.2, 0.25) is 0 Å². The number of para-hydroxylation sites is 1. The van der Waals surface area contributed by atoms with Gasteiger partial charge in [-0.05, 0) is 62.2 Å². The number of rotatable bonds is 4. The molecule has 1 N–H and O–H groups in total. The van der Waals surface area contributed by atoms with E-state index in [2.05, 4.69) is 9.82 Å². The van der Waals surface area contributed by atoms with Gasteiger partial charge in [-0.3, -0.25) is 4.72 Å². The van der Waals surface area contributed by atoms with E-state index in [1.54, 1.807) is 13.0 Å². The van der Waals surface area contributed by atoms with Gasteiger partial charge in [-0.1, -0.05) is 29.8 Å². The number of anilines is 1. The number of pyridine rings is 1. The second kappa shape index (κ2) is 7.17. The van der Waals surface area contributed by atoms with Crippen molar-refractivity contribution in [1.29, 1.82) is 0 Å².